The summed E-state index contributed by atoms with van der Waals surface area (Å²) in [6, 6.07) is 0.495. The summed E-state index contributed by atoms with van der Waals surface area (Å²) in [5.41, 5.74) is -0.551. The van der Waals surface area contributed by atoms with Gasteiger partial charge in [0.05, 0.1) is 17.6 Å². The minimum atomic E-state index is -0.659. The molecule has 3 unspecified atom stereocenters. The number of carboxylic acid groups (broad SMARTS) is 1. The molecule has 4 heteroatoms. The lowest BCUT2D eigenvalue weighted by atomic mass is 9.90. The molecule has 0 aromatic carbocycles. The summed E-state index contributed by atoms with van der Waals surface area (Å²) < 4.78 is 5.73. The van der Waals surface area contributed by atoms with Crippen LogP contribution in [0.4, 0.5) is 0 Å². The van der Waals surface area contributed by atoms with Gasteiger partial charge in [-0.1, -0.05) is 0 Å². The molecule has 0 bridgehead atoms. The molecular weight excluding hydrogens is 218 g/mol. The average molecular weight is 241 g/mol. The smallest absolute Gasteiger partial charge is 0.310 e. The summed E-state index contributed by atoms with van der Waals surface area (Å²) in [4.78, 5) is 13.6. The lowest BCUT2D eigenvalue weighted by molar-refractivity contribution is -0.147. The van der Waals surface area contributed by atoms with Gasteiger partial charge in [-0.05, 0) is 46.6 Å². The molecule has 2 fully saturated rings. The van der Waals surface area contributed by atoms with Gasteiger partial charge >= 0.3 is 5.97 Å². The van der Waals surface area contributed by atoms with Crippen molar-refractivity contribution in [3.05, 3.63) is 0 Å². The Morgan fingerprint density at radius 2 is 1.94 bits per heavy atom. The number of likely N-dealkylation sites (tertiary alicyclic amines) is 1. The quantitative estimate of drug-likeness (QED) is 0.800. The lowest BCUT2D eigenvalue weighted by Crippen LogP contribution is -2.44. The fourth-order valence-corrected chi connectivity index (χ4v) is 3.15. The number of rotatable bonds is 2. The first-order valence-electron chi connectivity index (χ1n) is 6.53. The predicted octanol–water partition coefficient (Wildman–Crippen LogP) is 1.74. The molecule has 0 aromatic heterocycles. The first-order chi connectivity index (χ1) is 7.90. The molecule has 17 heavy (non-hydrogen) atoms. The molecule has 0 spiro atoms. The van der Waals surface area contributed by atoms with Gasteiger partial charge in [-0.2, -0.15) is 0 Å². The van der Waals surface area contributed by atoms with Crippen LogP contribution < -0.4 is 0 Å². The van der Waals surface area contributed by atoms with E-state index in [9.17, 15) is 9.90 Å². The summed E-state index contributed by atoms with van der Waals surface area (Å²) in [5, 5.41) is 9.24. The van der Waals surface area contributed by atoms with Crippen LogP contribution in [-0.4, -0.2) is 47.3 Å². The maximum absolute atomic E-state index is 11.2. The molecule has 4 nitrogen and oxygen atoms in total. The third-order valence-electron chi connectivity index (χ3n) is 4.21. The fourth-order valence-electron chi connectivity index (χ4n) is 3.15. The molecule has 2 saturated heterocycles. The molecule has 2 rings (SSSR count). The maximum Gasteiger partial charge on any atom is 0.310 e. The highest BCUT2D eigenvalue weighted by Crippen LogP contribution is 2.34. The number of ether oxygens (including phenoxy) is 1. The molecule has 2 aliphatic heterocycles. The van der Waals surface area contributed by atoms with E-state index in [0.717, 1.165) is 25.8 Å². The fraction of sp³-hybridized carbons (Fsp3) is 0.923. The van der Waals surface area contributed by atoms with Gasteiger partial charge in [-0.25, -0.2) is 0 Å². The Morgan fingerprint density at radius 3 is 2.41 bits per heavy atom. The largest absolute Gasteiger partial charge is 0.481 e. The van der Waals surface area contributed by atoms with E-state index in [2.05, 4.69) is 18.7 Å². The SMILES string of the molecule is CC1CC(N2CCC(C)(C(=O)O)C2)CC(C)O1. The second-order valence-electron chi connectivity index (χ2n) is 5.97. The highest BCUT2D eigenvalue weighted by molar-refractivity contribution is 5.74. The lowest BCUT2D eigenvalue weighted by Gasteiger charge is -2.37. The van der Waals surface area contributed by atoms with E-state index in [1.165, 1.54) is 0 Å². The molecule has 0 amide bonds. The van der Waals surface area contributed by atoms with E-state index in [4.69, 9.17) is 4.74 Å². The number of carboxylic acids is 1. The average Bonchev–Trinajstić information content (AvgIpc) is 2.61. The summed E-state index contributed by atoms with van der Waals surface area (Å²) in [6.45, 7) is 7.67. The van der Waals surface area contributed by atoms with Gasteiger partial charge < -0.3 is 9.84 Å². The molecule has 2 heterocycles. The Labute approximate surface area is 103 Å². The van der Waals surface area contributed by atoms with Crippen molar-refractivity contribution in [2.75, 3.05) is 13.1 Å². The number of aliphatic carboxylic acids is 1. The highest BCUT2D eigenvalue weighted by Gasteiger charge is 2.43. The van der Waals surface area contributed by atoms with Crippen molar-refractivity contribution in [3.63, 3.8) is 0 Å². The van der Waals surface area contributed by atoms with Crippen LogP contribution in [0.3, 0.4) is 0 Å². The molecule has 1 N–H and O–H groups in total. The van der Waals surface area contributed by atoms with Crippen LogP contribution >= 0.6 is 0 Å². The van der Waals surface area contributed by atoms with Crippen LogP contribution in [-0.2, 0) is 9.53 Å². The molecule has 0 aromatic rings. The number of hydrogen-bond acceptors (Lipinski definition) is 3. The summed E-state index contributed by atoms with van der Waals surface area (Å²) in [7, 11) is 0. The first-order valence-corrected chi connectivity index (χ1v) is 6.53. The standard InChI is InChI=1S/C13H23NO3/c1-9-6-11(7-10(2)17-9)14-5-4-13(3,8-14)12(15)16/h9-11H,4-8H2,1-3H3,(H,15,16). The van der Waals surface area contributed by atoms with Gasteiger partial charge in [0.25, 0.3) is 0 Å². The van der Waals surface area contributed by atoms with Gasteiger partial charge in [0.15, 0.2) is 0 Å². The van der Waals surface area contributed by atoms with Crippen LogP contribution in [0.15, 0.2) is 0 Å². The second kappa shape index (κ2) is 4.58. The molecule has 0 saturated carbocycles. The van der Waals surface area contributed by atoms with Crippen molar-refractivity contribution >= 4 is 5.97 Å². The monoisotopic (exact) mass is 241 g/mol. The van der Waals surface area contributed by atoms with Gasteiger partial charge in [0, 0.05) is 12.6 Å². The number of carbonyl (C=O) groups is 1. The van der Waals surface area contributed by atoms with Gasteiger partial charge in [-0.15, -0.1) is 0 Å². The minimum absolute atomic E-state index is 0.292. The van der Waals surface area contributed by atoms with Crippen molar-refractivity contribution in [2.24, 2.45) is 5.41 Å². The molecule has 3 atom stereocenters. The normalized spacial score (nSPS) is 43.8. The van der Waals surface area contributed by atoms with Crippen molar-refractivity contribution in [1.29, 1.82) is 0 Å². The van der Waals surface area contributed by atoms with Crippen LogP contribution in [0.1, 0.15) is 40.0 Å². The number of nitrogens with zero attached hydrogens (tertiary/aromatic N) is 1. The summed E-state index contributed by atoms with van der Waals surface area (Å²) in [5.74, 6) is -0.659. The molecule has 98 valence electrons. The van der Waals surface area contributed by atoms with Crippen molar-refractivity contribution in [2.45, 2.75) is 58.3 Å². The Kier molecular flexibility index (Phi) is 3.46. The van der Waals surface area contributed by atoms with E-state index >= 15 is 0 Å². The van der Waals surface area contributed by atoms with Crippen LogP contribution in [0, 0.1) is 5.41 Å². The molecule has 2 aliphatic rings. The van der Waals surface area contributed by atoms with Crippen LogP contribution in [0.5, 0.6) is 0 Å². The summed E-state index contributed by atoms with van der Waals surface area (Å²) >= 11 is 0. The van der Waals surface area contributed by atoms with Gasteiger partial charge in [0.1, 0.15) is 0 Å². The molecular formula is C13H23NO3. The maximum atomic E-state index is 11.2. The second-order valence-corrected chi connectivity index (χ2v) is 5.97. The zero-order chi connectivity index (χ0) is 12.6. The third-order valence-corrected chi connectivity index (χ3v) is 4.21. The topological polar surface area (TPSA) is 49.8 Å². The van der Waals surface area contributed by atoms with Crippen LogP contribution in [0.25, 0.3) is 0 Å². The predicted molar refractivity (Wildman–Crippen MR) is 65.0 cm³/mol. The van der Waals surface area contributed by atoms with E-state index < -0.39 is 11.4 Å². The Balaban J connectivity index is 1.98. The highest BCUT2D eigenvalue weighted by atomic mass is 16.5. The van der Waals surface area contributed by atoms with E-state index in [-0.39, 0.29) is 0 Å². The Morgan fingerprint density at radius 1 is 1.35 bits per heavy atom. The molecule has 0 aliphatic carbocycles. The Hall–Kier alpha value is -0.610. The van der Waals surface area contributed by atoms with E-state index in [1.807, 2.05) is 6.92 Å². The summed E-state index contributed by atoms with van der Waals surface area (Å²) in [6.07, 6.45) is 3.41. The van der Waals surface area contributed by atoms with Crippen LogP contribution in [0.2, 0.25) is 0 Å². The minimum Gasteiger partial charge on any atom is -0.481 e. The first kappa shape index (κ1) is 12.8. The number of hydrogen-bond donors (Lipinski definition) is 1. The van der Waals surface area contributed by atoms with Crippen molar-refractivity contribution in [3.8, 4) is 0 Å². The molecule has 0 radical (unpaired) electrons. The zero-order valence-electron chi connectivity index (χ0n) is 11.0. The zero-order valence-corrected chi connectivity index (χ0v) is 11.0. The van der Waals surface area contributed by atoms with Gasteiger partial charge in [-0.3, -0.25) is 9.69 Å². The van der Waals surface area contributed by atoms with Crippen molar-refractivity contribution < 1.29 is 14.6 Å². The van der Waals surface area contributed by atoms with E-state index in [1.54, 1.807) is 0 Å². The Bertz CT molecular complexity index is 297. The van der Waals surface area contributed by atoms with E-state index in [0.29, 0.717) is 24.8 Å². The van der Waals surface area contributed by atoms with Crippen molar-refractivity contribution in [1.82, 2.24) is 4.90 Å². The van der Waals surface area contributed by atoms with Gasteiger partial charge in [0.2, 0.25) is 0 Å². The third kappa shape index (κ3) is 2.63.